The molecule has 0 fully saturated rings. The zero-order valence-electron chi connectivity index (χ0n) is 9.85. The number of nitrogens with zero attached hydrogens (tertiary/aromatic N) is 2. The molecule has 0 radical (unpaired) electrons. The lowest BCUT2D eigenvalue weighted by molar-refractivity contribution is 1.11. The summed E-state index contributed by atoms with van der Waals surface area (Å²) in [5, 5.41) is 10.8. The van der Waals surface area contributed by atoms with E-state index in [9.17, 15) is 5.26 Å². The van der Waals surface area contributed by atoms with Gasteiger partial charge in [0.2, 0.25) is 0 Å². The van der Waals surface area contributed by atoms with Crippen molar-refractivity contribution in [3.05, 3.63) is 47.1 Å². The van der Waals surface area contributed by atoms with Crippen LogP contribution < -0.4 is 0 Å². The summed E-state index contributed by atoms with van der Waals surface area (Å²) in [6.45, 7) is 2.04. The second kappa shape index (κ2) is 5.90. The number of rotatable bonds is 3. The van der Waals surface area contributed by atoms with Gasteiger partial charge in [-0.3, -0.25) is 0 Å². The highest BCUT2D eigenvalue weighted by molar-refractivity contribution is 7.99. The van der Waals surface area contributed by atoms with Crippen molar-refractivity contribution in [3.8, 4) is 17.2 Å². The third kappa shape index (κ3) is 2.66. The maximum absolute atomic E-state index is 9.31. The van der Waals surface area contributed by atoms with E-state index in [1.54, 1.807) is 18.0 Å². The fourth-order valence-corrected chi connectivity index (χ4v) is 2.50. The van der Waals surface area contributed by atoms with Crippen molar-refractivity contribution < 1.29 is 0 Å². The van der Waals surface area contributed by atoms with Gasteiger partial charge in [0.25, 0.3) is 0 Å². The van der Waals surface area contributed by atoms with Crippen LogP contribution in [0, 0.1) is 11.3 Å². The highest BCUT2D eigenvalue weighted by atomic mass is 35.5. The van der Waals surface area contributed by atoms with E-state index in [0.717, 1.165) is 21.9 Å². The summed E-state index contributed by atoms with van der Waals surface area (Å²) >= 11 is 7.45. The predicted molar refractivity (Wildman–Crippen MR) is 75.8 cm³/mol. The molecule has 0 aliphatic heterocycles. The zero-order chi connectivity index (χ0) is 13.0. The molecular formula is C14H11ClN2S. The van der Waals surface area contributed by atoms with Gasteiger partial charge in [0.1, 0.15) is 11.1 Å². The molecule has 0 saturated carbocycles. The highest BCUT2D eigenvalue weighted by Crippen LogP contribution is 2.30. The van der Waals surface area contributed by atoms with Gasteiger partial charge >= 0.3 is 0 Å². The van der Waals surface area contributed by atoms with Crippen LogP contribution in [0.3, 0.4) is 0 Å². The molecule has 0 N–H and O–H groups in total. The first-order valence-electron chi connectivity index (χ1n) is 5.54. The molecule has 18 heavy (non-hydrogen) atoms. The van der Waals surface area contributed by atoms with Gasteiger partial charge in [-0.25, -0.2) is 4.98 Å². The van der Waals surface area contributed by atoms with Crippen molar-refractivity contribution in [1.82, 2.24) is 4.98 Å². The van der Waals surface area contributed by atoms with Crippen molar-refractivity contribution in [2.24, 2.45) is 0 Å². The highest BCUT2D eigenvalue weighted by Gasteiger charge is 2.10. The van der Waals surface area contributed by atoms with Crippen molar-refractivity contribution in [1.29, 1.82) is 5.26 Å². The minimum absolute atomic E-state index is 0.631. The van der Waals surface area contributed by atoms with Crippen LogP contribution in [0.15, 0.2) is 41.6 Å². The average Bonchev–Trinajstić information content (AvgIpc) is 2.40. The van der Waals surface area contributed by atoms with E-state index < -0.39 is 0 Å². The molecule has 4 heteroatoms. The van der Waals surface area contributed by atoms with Gasteiger partial charge in [-0.2, -0.15) is 5.26 Å². The topological polar surface area (TPSA) is 36.7 Å². The van der Waals surface area contributed by atoms with Gasteiger partial charge in [-0.1, -0.05) is 30.7 Å². The SMILES string of the molecule is CCSc1nccc(-c2ccc(Cl)cc2)c1C#N. The first-order chi connectivity index (χ1) is 8.76. The molecule has 0 unspecified atom stereocenters. The molecule has 0 amide bonds. The van der Waals surface area contributed by atoms with Crippen molar-refractivity contribution in [2.45, 2.75) is 11.9 Å². The Labute approximate surface area is 116 Å². The lowest BCUT2D eigenvalue weighted by Gasteiger charge is -2.07. The van der Waals surface area contributed by atoms with E-state index in [4.69, 9.17) is 11.6 Å². The summed E-state index contributed by atoms with van der Waals surface area (Å²) in [4.78, 5) is 4.26. The third-order valence-corrected chi connectivity index (χ3v) is 3.59. The molecule has 0 aliphatic rings. The standard InChI is InChI=1S/C14H11ClN2S/c1-2-18-14-13(9-16)12(7-8-17-14)10-3-5-11(15)6-4-10/h3-8H,2H2,1H3. The molecule has 0 spiro atoms. The zero-order valence-corrected chi connectivity index (χ0v) is 11.4. The maximum atomic E-state index is 9.31. The predicted octanol–water partition coefficient (Wildman–Crippen LogP) is 4.39. The molecule has 0 aliphatic carbocycles. The van der Waals surface area contributed by atoms with Gasteiger partial charge in [0.05, 0.1) is 5.56 Å². The van der Waals surface area contributed by atoms with Crippen LogP contribution in [0.4, 0.5) is 0 Å². The Morgan fingerprint density at radius 3 is 2.61 bits per heavy atom. The molecule has 1 aromatic heterocycles. The molecule has 0 bridgehead atoms. The van der Waals surface area contributed by atoms with Crippen LogP contribution in [0.5, 0.6) is 0 Å². The Hall–Kier alpha value is -1.50. The van der Waals surface area contributed by atoms with Crippen molar-refractivity contribution >= 4 is 23.4 Å². The molecule has 0 atom stereocenters. The Morgan fingerprint density at radius 2 is 2.00 bits per heavy atom. The van der Waals surface area contributed by atoms with E-state index in [1.807, 2.05) is 37.3 Å². The van der Waals surface area contributed by atoms with Crippen LogP contribution in [0.25, 0.3) is 11.1 Å². The number of halogens is 1. The summed E-state index contributed by atoms with van der Waals surface area (Å²) in [6.07, 6.45) is 1.74. The van der Waals surface area contributed by atoms with E-state index in [0.29, 0.717) is 10.6 Å². The number of pyridine rings is 1. The molecule has 0 saturated heterocycles. The van der Waals surface area contributed by atoms with Gasteiger partial charge in [0.15, 0.2) is 0 Å². The summed E-state index contributed by atoms with van der Waals surface area (Å²) < 4.78 is 0. The third-order valence-electron chi connectivity index (χ3n) is 2.46. The summed E-state index contributed by atoms with van der Waals surface area (Å²) in [6, 6.07) is 11.6. The van der Waals surface area contributed by atoms with Crippen LogP contribution in [0.1, 0.15) is 12.5 Å². The first-order valence-corrected chi connectivity index (χ1v) is 6.90. The molecule has 90 valence electrons. The molecule has 2 nitrogen and oxygen atoms in total. The number of thioether (sulfide) groups is 1. The van der Waals surface area contributed by atoms with Crippen molar-refractivity contribution in [3.63, 3.8) is 0 Å². The van der Waals surface area contributed by atoms with Gasteiger partial charge in [-0.05, 0) is 29.5 Å². The smallest absolute Gasteiger partial charge is 0.114 e. The van der Waals surface area contributed by atoms with E-state index >= 15 is 0 Å². The Kier molecular flexibility index (Phi) is 4.24. The number of hydrogen-bond donors (Lipinski definition) is 0. The minimum Gasteiger partial charge on any atom is -0.249 e. The lowest BCUT2D eigenvalue weighted by Crippen LogP contribution is -1.91. The normalized spacial score (nSPS) is 10.1. The number of aromatic nitrogens is 1. The van der Waals surface area contributed by atoms with Crippen LogP contribution >= 0.6 is 23.4 Å². The second-order valence-corrected chi connectivity index (χ2v) is 5.28. The van der Waals surface area contributed by atoms with Gasteiger partial charge < -0.3 is 0 Å². The minimum atomic E-state index is 0.631. The molecule has 2 aromatic rings. The summed E-state index contributed by atoms with van der Waals surface area (Å²) in [5.41, 5.74) is 2.52. The molecular weight excluding hydrogens is 264 g/mol. The van der Waals surface area contributed by atoms with Crippen molar-refractivity contribution in [2.75, 3.05) is 5.75 Å². The largest absolute Gasteiger partial charge is 0.249 e. The maximum Gasteiger partial charge on any atom is 0.114 e. The average molecular weight is 275 g/mol. The van der Waals surface area contributed by atoms with E-state index in [-0.39, 0.29) is 0 Å². The summed E-state index contributed by atoms with van der Waals surface area (Å²) in [5.74, 6) is 0.895. The van der Waals surface area contributed by atoms with Crippen LogP contribution in [0.2, 0.25) is 5.02 Å². The monoisotopic (exact) mass is 274 g/mol. The molecule has 2 rings (SSSR count). The number of nitriles is 1. The van der Waals surface area contributed by atoms with Crippen LogP contribution in [-0.2, 0) is 0 Å². The molecule has 1 heterocycles. The van der Waals surface area contributed by atoms with E-state index in [2.05, 4.69) is 11.1 Å². The van der Waals surface area contributed by atoms with Crippen LogP contribution in [-0.4, -0.2) is 10.7 Å². The first kappa shape index (κ1) is 12.9. The number of hydrogen-bond acceptors (Lipinski definition) is 3. The number of benzene rings is 1. The fourth-order valence-electron chi connectivity index (χ4n) is 1.67. The molecule has 1 aromatic carbocycles. The summed E-state index contributed by atoms with van der Waals surface area (Å²) in [7, 11) is 0. The van der Waals surface area contributed by atoms with Gasteiger partial charge in [-0.15, -0.1) is 11.8 Å². The quantitative estimate of drug-likeness (QED) is 0.779. The van der Waals surface area contributed by atoms with E-state index in [1.165, 1.54) is 0 Å². The van der Waals surface area contributed by atoms with Gasteiger partial charge in [0, 0.05) is 16.8 Å². The Bertz CT molecular complexity index is 588. The second-order valence-electron chi connectivity index (χ2n) is 3.59. The lowest BCUT2D eigenvalue weighted by atomic mass is 10.0. The fraction of sp³-hybridized carbons (Fsp3) is 0.143. The Morgan fingerprint density at radius 1 is 1.28 bits per heavy atom. The Balaban J connectivity index is 2.54.